The van der Waals surface area contributed by atoms with Crippen molar-refractivity contribution in [3.05, 3.63) is 18.0 Å². The molecule has 0 aromatic carbocycles. The van der Waals surface area contributed by atoms with Crippen molar-refractivity contribution in [1.29, 1.82) is 0 Å². The van der Waals surface area contributed by atoms with Crippen LogP contribution in [0, 0.1) is 6.92 Å². The monoisotopic (exact) mass is 296 g/mol. The Balaban J connectivity index is 2.27. The van der Waals surface area contributed by atoms with Crippen molar-refractivity contribution < 1.29 is 4.79 Å². The number of thioether (sulfide) groups is 1. The molecule has 20 heavy (non-hydrogen) atoms. The molecule has 0 saturated carbocycles. The van der Waals surface area contributed by atoms with E-state index in [-0.39, 0.29) is 5.91 Å². The maximum Gasteiger partial charge on any atom is 0.237 e. The van der Waals surface area contributed by atoms with Gasteiger partial charge in [-0.25, -0.2) is 9.97 Å². The number of nitrogens with zero attached hydrogens (tertiary/aromatic N) is 2. The molecule has 0 bridgehead atoms. The van der Waals surface area contributed by atoms with Crippen molar-refractivity contribution in [2.45, 2.75) is 50.7 Å². The molecule has 0 radical (unpaired) electrons. The molecule has 1 heterocycles. The summed E-state index contributed by atoms with van der Waals surface area (Å²) in [4.78, 5) is 20.0. The zero-order valence-corrected chi connectivity index (χ0v) is 13.3. The van der Waals surface area contributed by atoms with Crippen LogP contribution in [-0.2, 0) is 4.79 Å². The van der Waals surface area contributed by atoms with Crippen molar-refractivity contribution in [2.24, 2.45) is 5.73 Å². The van der Waals surface area contributed by atoms with E-state index in [1.807, 2.05) is 33.2 Å². The molecule has 0 fully saturated rings. The van der Waals surface area contributed by atoms with Gasteiger partial charge in [-0.1, -0.05) is 25.1 Å². The van der Waals surface area contributed by atoms with Crippen molar-refractivity contribution >= 4 is 17.7 Å². The quantitative estimate of drug-likeness (QED) is 0.413. The fourth-order valence-corrected chi connectivity index (χ4v) is 2.67. The first-order valence-electron chi connectivity index (χ1n) is 6.94. The second kappa shape index (κ2) is 8.21. The Kier molecular flexibility index (Phi) is 6.95. The molecule has 0 aliphatic rings. The van der Waals surface area contributed by atoms with E-state index in [0.29, 0.717) is 0 Å². The number of carbonyl (C=O) groups excluding carboxylic acids is 1. The standard InChI is InChI=1S/C14H24N4OS/c1-4-18-14(3,12(15)19)7-5-6-8-20-13-16-9-11(2)10-17-13/h9-10,18H,4-8H2,1-3H3,(H2,15,19). The van der Waals surface area contributed by atoms with E-state index >= 15 is 0 Å². The van der Waals surface area contributed by atoms with Crippen LogP contribution in [0.2, 0.25) is 0 Å². The van der Waals surface area contributed by atoms with Gasteiger partial charge in [0.2, 0.25) is 5.91 Å². The van der Waals surface area contributed by atoms with E-state index in [1.165, 1.54) is 0 Å². The molecular formula is C14H24N4OS. The molecule has 1 aromatic rings. The summed E-state index contributed by atoms with van der Waals surface area (Å²) in [6.07, 6.45) is 6.36. The van der Waals surface area contributed by atoms with Crippen LogP contribution >= 0.6 is 11.8 Å². The zero-order chi connectivity index (χ0) is 15.0. The van der Waals surface area contributed by atoms with Crippen molar-refractivity contribution in [1.82, 2.24) is 15.3 Å². The summed E-state index contributed by atoms with van der Waals surface area (Å²) < 4.78 is 0. The third-order valence-electron chi connectivity index (χ3n) is 3.17. The van der Waals surface area contributed by atoms with Crippen LogP contribution in [0.3, 0.4) is 0 Å². The van der Waals surface area contributed by atoms with Crippen molar-refractivity contribution in [3.8, 4) is 0 Å². The number of primary amides is 1. The van der Waals surface area contributed by atoms with Crippen LogP contribution in [0.15, 0.2) is 17.6 Å². The number of nitrogens with two attached hydrogens (primary N) is 1. The van der Waals surface area contributed by atoms with Gasteiger partial charge in [-0.3, -0.25) is 4.79 Å². The Morgan fingerprint density at radius 3 is 2.60 bits per heavy atom. The Morgan fingerprint density at radius 2 is 2.05 bits per heavy atom. The zero-order valence-electron chi connectivity index (χ0n) is 12.5. The SMILES string of the molecule is CCNC(C)(CCCCSc1ncc(C)cn1)C(N)=O. The van der Waals surface area contributed by atoms with Gasteiger partial charge in [-0.05, 0) is 38.8 Å². The van der Waals surface area contributed by atoms with Gasteiger partial charge < -0.3 is 11.1 Å². The van der Waals surface area contributed by atoms with Gasteiger partial charge in [0, 0.05) is 18.1 Å². The molecule has 1 atom stereocenters. The Labute approximate surface area is 125 Å². The third-order valence-corrected chi connectivity index (χ3v) is 4.13. The summed E-state index contributed by atoms with van der Waals surface area (Å²) in [5, 5.41) is 3.97. The highest BCUT2D eigenvalue weighted by atomic mass is 32.2. The van der Waals surface area contributed by atoms with E-state index in [4.69, 9.17) is 5.73 Å². The lowest BCUT2D eigenvalue weighted by molar-refractivity contribution is -0.124. The van der Waals surface area contributed by atoms with Crippen LogP contribution in [0.1, 0.15) is 38.7 Å². The fraction of sp³-hybridized carbons (Fsp3) is 0.643. The Hall–Kier alpha value is -1.14. The van der Waals surface area contributed by atoms with E-state index in [9.17, 15) is 4.79 Å². The molecule has 5 nitrogen and oxygen atoms in total. The van der Waals surface area contributed by atoms with Gasteiger partial charge in [0.25, 0.3) is 0 Å². The summed E-state index contributed by atoms with van der Waals surface area (Å²) in [7, 11) is 0. The minimum absolute atomic E-state index is 0.283. The average molecular weight is 296 g/mol. The number of rotatable bonds is 9. The van der Waals surface area contributed by atoms with Crippen LogP contribution in [0.25, 0.3) is 0 Å². The first-order chi connectivity index (χ1) is 9.48. The van der Waals surface area contributed by atoms with E-state index in [2.05, 4.69) is 15.3 Å². The average Bonchev–Trinajstić information content (AvgIpc) is 2.40. The number of amides is 1. The predicted molar refractivity (Wildman–Crippen MR) is 82.6 cm³/mol. The lowest BCUT2D eigenvalue weighted by Gasteiger charge is -2.26. The van der Waals surface area contributed by atoms with Gasteiger partial charge in [0.15, 0.2) is 5.16 Å². The number of aryl methyl sites for hydroxylation is 1. The topological polar surface area (TPSA) is 80.9 Å². The van der Waals surface area contributed by atoms with Crippen LogP contribution < -0.4 is 11.1 Å². The molecule has 6 heteroatoms. The van der Waals surface area contributed by atoms with Gasteiger partial charge >= 0.3 is 0 Å². The highest BCUT2D eigenvalue weighted by Crippen LogP contribution is 2.18. The van der Waals surface area contributed by atoms with Crippen molar-refractivity contribution in [3.63, 3.8) is 0 Å². The molecule has 3 N–H and O–H groups in total. The molecule has 0 saturated heterocycles. The Bertz CT molecular complexity index is 424. The van der Waals surface area contributed by atoms with E-state index in [0.717, 1.165) is 42.3 Å². The number of unbranched alkanes of at least 4 members (excludes halogenated alkanes) is 1. The number of carbonyl (C=O) groups is 1. The molecular weight excluding hydrogens is 272 g/mol. The highest BCUT2D eigenvalue weighted by molar-refractivity contribution is 7.99. The first-order valence-corrected chi connectivity index (χ1v) is 7.93. The van der Waals surface area contributed by atoms with Gasteiger partial charge in [0.05, 0.1) is 5.54 Å². The molecule has 0 aliphatic carbocycles. The van der Waals surface area contributed by atoms with Crippen LogP contribution in [0.4, 0.5) is 0 Å². The summed E-state index contributed by atoms with van der Waals surface area (Å²) in [5.74, 6) is 0.665. The third kappa shape index (κ3) is 5.46. The smallest absolute Gasteiger partial charge is 0.237 e. The second-order valence-electron chi connectivity index (χ2n) is 5.08. The first kappa shape index (κ1) is 16.9. The lowest BCUT2D eigenvalue weighted by Crippen LogP contribution is -2.52. The fourth-order valence-electron chi connectivity index (χ4n) is 1.89. The van der Waals surface area contributed by atoms with Gasteiger partial charge in [0.1, 0.15) is 0 Å². The molecule has 1 amide bonds. The van der Waals surface area contributed by atoms with E-state index in [1.54, 1.807) is 11.8 Å². The van der Waals surface area contributed by atoms with Gasteiger partial charge in [-0.15, -0.1) is 0 Å². The largest absolute Gasteiger partial charge is 0.368 e. The van der Waals surface area contributed by atoms with Crippen molar-refractivity contribution in [2.75, 3.05) is 12.3 Å². The summed E-state index contributed by atoms with van der Waals surface area (Å²) in [6, 6.07) is 0. The summed E-state index contributed by atoms with van der Waals surface area (Å²) >= 11 is 1.64. The maximum atomic E-state index is 11.5. The second-order valence-corrected chi connectivity index (χ2v) is 6.14. The number of likely N-dealkylation sites (N-methyl/N-ethyl adjacent to an activating group) is 1. The minimum Gasteiger partial charge on any atom is -0.368 e. The normalized spacial score (nSPS) is 13.9. The molecule has 1 unspecified atom stereocenters. The predicted octanol–water partition coefficient (Wildman–Crippen LogP) is 1.90. The number of hydrogen-bond donors (Lipinski definition) is 2. The summed E-state index contributed by atoms with van der Waals surface area (Å²) in [5.41, 5.74) is 5.92. The summed E-state index contributed by atoms with van der Waals surface area (Å²) in [6.45, 7) is 6.56. The van der Waals surface area contributed by atoms with E-state index < -0.39 is 5.54 Å². The molecule has 0 spiro atoms. The van der Waals surface area contributed by atoms with Crippen LogP contribution in [0.5, 0.6) is 0 Å². The lowest BCUT2D eigenvalue weighted by atomic mass is 9.94. The molecule has 0 aliphatic heterocycles. The highest BCUT2D eigenvalue weighted by Gasteiger charge is 2.28. The number of aromatic nitrogens is 2. The number of hydrogen-bond acceptors (Lipinski definition) is 5. The Morgan fingerprint density at radius 1 is 1.40 bits per heavy atom. The molecule has 1 aromatic heterocycles. The minimum atomic E-state index is -0.597. The number of nitrogens with one attached hydrogen (secondary N) is 1. The maximum absolute atomic E-state index is 11.5. The molecule has 112 valence electrons. The van der Waals surface area contributed by atoms with Gasteiger partial charge in [-0.2, -0.15) is 0 Å². The van der Waals surface area contributed by atoms with Crippen LogP contribution in [-0.4, -0.2) is 33.7 Å². The molecule has 1 rings (SSSR count).